The topological polar surface area (TPSA) is 88.6 Å². The molecule has 2 heterocycles. The third-order valence-corrected chi connectivity index (χ3v) is 7.15. The van der Waals surface area contributed by atoms with E-state index >= 15 is 0 Å². The van der Waals surface area contributed by atoms with Gasteiger partial charge in [-0.15, -0.1) is 0 Å². The Morgan fingerprint density at radius 1 is 1.16 bits per heavy atom. The first kappa shape index (κ1) is 28.4. The van der Waals surface area contributed by atoms with Gasteiger partial charge in [-0.25, -0.2) is 0 Å². The van der Waals surface area contributed by atoms with Crippen LogP contribution in [0.1, 0.15) is 76.1 Å². The van der Waals surface area contributed by atoms with Crippen LogP contribution in [0.15, 0.2) is 36.7 Å². The van der Waals surface area contributed by atoms with Gasteiger partial charge in [0.2, 0.25) is 11.8 Å². The Kier molecular flexibility index (Phi) is 9.11. The van der Waals surface area contributed by atoms with Gasteiger partial charge in [0, 0.05) is 30.9 Å². The van der Waals surface area contributed by atoms with Gasteiger partial charge < -0.3 is 15.0 Å². The third kappa shape index (κ3) is 7.18. The molecular weight excluding hydrogens is 466 g/mol. The first-order valence-electron chi connectivity index (χ1n) is 13.1. The molecule has 37 heavy (non-hydrogen) atoms. The largest absolute Gasteiger partial charge is 0.469 e. The Hall–Kier alpha value is -3.22. The van der Waals surface area contributed by atoms with Gasteiger partial charge in [0.1, 0.15) is 6.04 Å². The number of hydrogen-bond acceptors (Lipinski definition) is 5. The number of amides is 2. The second-order valence-electron chi connectivity index (χ2n) is 11.4. The number of likely N-dealkylation sites (tertiary alicyclic amines) is 1. The van der Waals surface area contributed by atoms with Crippen molar-refractivity contribution < 1.29 is 19.1 Å². The van der Waals surface area contributed by atoms with Gasteiger partial charge in [-0.2, -0.15) is 0 Å². The van der Waals surface area contributed by atoms with Crippen LogP contribution < -0.4 is 5.32 Å². The highest BCUT2D eigenvalue weighted by Crippen LogP contribution is 2.33. The number of pyridine rings is 1. The standard InChI is InChI=1S/C30H41N3O4/c1-19(2)13-25(33-18-30(5,6)12-11-26(33)34)29(36)32-24(15-27(35)37-7)22-14-23(17-31-16-22)28-20(3)9-8-10-21(28)4/h8-10,14,16-17,19,24-25H,11-13,15,18H2,1-7H3,(H,32,36)/t24-,25?/m0/s1. The number of piperidine rings is 1. The van der Waals surface area contributed by atoms with Crippen LogP contribution in [-0.4, -0.2) is 47.4 Å². The molecule has 1 unspecified atom stereocenters. The lowest BCUT2D eigenvalue weighted by Gasteiger charge is -2.42. The summed E-state index contributed by atoms with van der Waals surface area (Å²) < 4.78 is 4.95. The fraction of sp³-hybridized carbons (Fsp3) is 0.533. The molecule has 0 spiro atoms. The molecule has 200 valence electrons. The molecule has 1 aliphatic rings. The van der Waals surface area contributed by atoms with Crippen molar-refractivity contribution in [3.05, 3.63) is 53.3 Å². The normalized spacial score (nSPS) is 16.9. The monoisotopic (exact) mass is 507 g/mol. The van der Waals surface area contributed by atoms with E-state index in [2.05, 4.69) is 50.1 Å². The minimum atomic E-state index is -0.640. The Balaban J connectivity index is 1.96. The molecule has 1 aromatic carbocycles. The Labute approximate surface area is 221 Å². The summed E-state index contributed by atoms with van der Waals surface area (Å²) >= 11 is 0. The highest BCUT2D eigenvalue weighted by atomic mass is 16.5. The summed E-state index contributed by atoms with van der Waals surface area (Å²) in [6, 6.07) is 6.85. The van der Waals surface area contributed by atoms with Crippen LogP contribution in [0.5, 0.6) is 0 Å². The zero-order valence-electron chi connectivity index (χ0n) is 23.3. The van der Waals surface area contributed by atoms with E-state index in [1.54, 1.807) is 17.3 Å². The van der Waals surface area contributed by atoms with Crippen molar-refractivity contribution in [1.82, 2.24) is 15.2 Å². The molecule has 1 saturated heterocycles. The minimum Gasteiger partial charge on any atom is -0.469 e. The zero-order valence-corrected chi connectivity index (χ0v) is 23.3. The molecule has 1 N–H and O–H groups in total. The highest BCUT2D eigenvalue weighted by molar-refractivity contribution is 5.89. The molecule has 2 atom stereocenters. The smallest absolute Gasteiger partial charge is 0.307 e. The van der Waals surface area contributed by atoms with E-state index in [4.69, 9.17) is 4.74 Å². The average molecular weight is 508 g/mol. The van der Waals surface area contributed by atoms with E-state index in [0.717, 1.165) is 28.7 Å². The van der Waals surface area contributed by atoms with Gasteiger partial charge in [0.25, 0.3) is 0 Å². The van der Waals surface area contributed by atoms with E-state index in [-0.39, 0.29) is 29.6 Å². The number of ether oxygens (including phenoxy) is 1. The number of carbonyl (C=O) groups excluding carboxylic acids is 3. The Bertz CT molecular complexity index is 1120. The van der Waals surface area contributed by atoms with Crippen molar-refractivity contribution >= 4 is 17.8 Å². The van der Waals surface area contributed by atoms with Crippen LogP contribution in [0, 0.1) is 25.2 Å². The summed E-state index contributed by atoms with van der Waals surface area (Å²) in [5.74, 6) is -0.477. The molecular formula is C30H41N3O4. The Morgan fingerprint density at radius 2 is 1.84 bits per heavy atom. The minimum absolute atomic E-state index is 0.00309. The van der Waals surface area contributed by atoms with Crippen molar-refractivity contribution in [3.8, 4) is 11.1 Å². The lowest BCUT2D eigenvalue weighted by atomic mass is 9.82. The van der Waals surface area contributed by atoms with Gasteiger partial charge in [0.05, 0.1) is 19.6 Å². The van der Waals surface area contributed by atoms with Crippen molar-refractivity contribution in [3.63, 3.8) is 0 Å². The van der Waals surface area contributed by atoms with Crippen molar-refractivity contribution in [1.29, 1.82) is 0 Å². The molecule has 0 saturated carbocycles. The number of carbonyl (C=O) groups is 3. The lowest BCUT2D eigenvalue weighted by Crippen LogP contribution is -2.55. The number of nitrogens with zero attached hydrogens (tertiary/aromatic N) is 2. The molecule has 2 aromatic rings. The molecule has 3 rings (SSSR count). The van der Waals surface area contributed by atoms with Gasteiger partial charge in [-0.3, -0.25) is 19.4 Å². The molecule has 0 bridgehead atoms. The molecule has 0 radical (unpaired) electrons. The molecule has 0 aliphatic carbocycles. The van der Waals surface area contributed by atoms with E-state index in [9.17, 15) is 14.4 Å². The van der Waals surface area contributed by atoms with Crippen LogP contribution in [0.4, 0.5) is 0 Å². The predicted molar refractivity (Wildman–Crippen MR) is 145 cm³/mol. The first-order chi connectivity index (χ1) is 17.4. The lowest BCUT2D eigenvalue weighted by molar-refractivity contribution is -0.147. The maximum absolute atomic E-state index is 13.8. The number of methoxy groups -OCH3 is 1. The van der Waals surface area contributed by atoms with Gasteiger partial charge in [-0.05, 0) is 66.3 Å². The summed E-state index contributed by atoms with van der Waals surface area (Å²) in [6.07, 6.45) is 5.22. The maximum Gasteiger partial charge on any atom is 0.307 e. The van der Waals surface area contributed by atoms with E-state index in [1.807, 2.05) is 26.0 Å². The van der Waals surface area contributed by atoms with Gasteiger partial charge >= 0.3 is 5.97 Å². The van der Waals surface area contributed by atoms with Crippen LogP contribution in [-0.2, 0) is 19.1 Å². The summed E-state index contributed by atoms with van der Waals surface area (Å²) in [4.78, 5) is 45.2. The van der Waals surface area contributed by atoms with Gasteiger partial charge in [-0.1, -0.05) is 45.9 Å². The van der Waals surface area contributed by atoms with E-state index in [0.29, 0.717) is 24.9 Å². The SMILES string of the molecule is COC(=O)C[C@H](NC(=O)C(CC(C)C)N1CC(C)(C)CCC1=O)c1cncc(-c2c(C)cccc2C)c1. The fourth-order valence-corrected chi connectivity index (χ4v) is 5.15. The van der Waals surface area contributed by atoms with E-state index in [1.165, 1.54) is 7.11 Å². The van der Waals surface area contributed by atoms with Gasteiger partial charge in [0.15, 0.2) is 0 Å². The van der Waals surface area contributed by atoms with Crippen LogP contribution in [0.3, 0.4) is 0 Å². The van der Waals surface area contributed by atoms with Crippen molar-refractivity contribution in [2.45, 2.75) is 79.3 Å². The number of esters is 1. The summed E-state index contributed by atoms with van der Waals surface area (Å²) in [5, 5.41) is 3.08. The van der Waals surface area contributed by atoms with Crippen LogP contribution >= 0.6 is 0 Å². The number of aryl methyl sites for hydroxylation is 2. The predicted octanol–water partition coefficient (Wildman–Crippen LogP) is 5.15. The van der Waals surface area contributed by atoms with E-state index < -0.39 is 18.1 Å². The zero-order chi connectivity index (χ0) is 27.3. The summed E-state index contributed by atoms with van der Waals surface area (Å²) in [7, 11) is 1.34. The molecule has 7 nitrogen and oxygen atoms in total. The average Bonchev–Trinajstić information content (AvgIpc) is 2.83. The molecule has 2 amide bonds. The quantitative estimate of drug-likeness (QED) is 0.474. The number of aromatic nitrogens is 1. The number of hydrogen-bond donors (Lipinski definition) is 1. The number of rotatable bonds is 9. The molecule has 1 fully saturated rings. The molecule has 1 aliphatic heterocycles. The number of nitrogens with one attached hydrogen (secondary N) is 1. The van der Waals surface area contributed by atoms with Crippen molar-refractivity contribution in [2.75, 3.05) is 13.7 Å². The van der Waals surface area contributed by atoms with Crippen LogP contribution in [0.25, 0.3) is 11.1 Å². The highest BCUT2D eigenvalue weighted by Gasteiger charge is 2.39. The maximum atomic E-state index is 13.8. The third-order valence-electron chi connectivity index (χ3n) is 7.15. The fourth-order valence-electron chi connectivity index (χ4n) is 5.15. The second kappa shape index (κ2) is 11.9. The summed E-state index contributed by atoms with van der Waals surface area (Å²) in [5.41, 5.74) is 4.90. The molecule has 7 heteroatoms. The Morgan fingerprint density at radius 3 is 2.46 bits per heavy atom. The molecule has 1 aromatic heterocycles. The summed E-state index contributed by atoms with van der Waals surface area (Å²) in [6.45, 7) is 13.0. The van der Waals surface area contributed by atoms with Crippen molar-refractivity contribution in [2.24, 2.45) is 11.3 Å². The second-order valence-corrected chi connectivity index (χ2v) is 11.4. The first-order valence-corrected chi connectivity index (χ1v) is 13.1. The van der Waals surface area contributed by atoms with Crippen LogP contribution in [0.2, 0.25) is 0 Å². The number of benzene rings is 1.